The molecule has 0 bridgehead atoms. The number of nitrogens with zero attached hydrogens (tertiary/aromatic N) is 2. The van der Waals surface area contributed by atoms with Crippen LogP contribution >= 0.6 is 51.2 Å². The van der Waals surface area contributed by atoms with Crippen molar-refractivity contribution < 1.29 is 59.5 Å². The molecule has 0 aliphatic heterocycles. The fourth-order valence-electron chi connectivity index (χ4n) is 8.20. The average molecular weight is 1350 g/mol. The molecule has 13 aromatic rings. The Morgan fingerprint density at radius 1 is 0.427 bits per heavy atom. The van der Waals surface area contributed by atoms with Crippen molar-refractivity contribution in [3.8, 4) is 77.5 Å². The minimum Gasteiger partial charge on any atom is -0.507 e. The van der Waals surface area contributed by atoms with E-state index in [0.717, 1.165) is 90.0 Å². The van der Waals surface area contributed by atoms with E-state index in [4.69, 9.17) is 20.9 Å². The van der Waals surface area contributed by atoms with Crippen molar-refractivity contribution in [2.45, 2.75) is 12.3 Å². The summed E-state index contributed by atoms with van der Waals surface area (Å²) in [6, 6.07) is 83.2. The minimum atomic E-state index is -1.34. The number of para-hydroxylation sites is 3. The van der Waals surface area contributed by atoms with E-state index in [1.165, 1.54) is 12.1 Å². The van der Waals surface area contributed by atoms with Crippen LogP contribution in [0.25, 0.3) is 75.0 Å². The van der Waals surface area contributed by atoms with Gasteiger partial charge in [-0.15, -0.1) is 35.3 Å². The maximum atomic E-state index is 10.7. The van der Waals surface area contributed by atoms with Crippen LogP contribution in [0.2, 0.25) is 0 Å². The van der Waals surface area contributed by atoms with Crippen molar-refractivity contribution in [1.29, 1.82) is 0 Å². The number of thiol groups is 1. The summed E-state index contributed by atoms with van der Waals surface area (Å²) in [5.74, 6) is 0.556. The Hall–Kier alpha value is -8.96. The van der Waals surface area contributed by atoms with Crippen LogP contribution < -0.4 is 11.2 Å². The molecule has 13 rings (SSSR count). The van der Waals surface area contributed by atoms with Gasteiger partial charge in [-0.25, -0.2) is 9.97 Å². The molecular weight excluding hydrogens is 1290 g/mol. The molecule has 0 atom stereocenters. The Bertz CT molecular complexity index is 4080. The van der Waals surface area contributed by atoms with E-state index in [1.54, 1.807) is 83.3 Å². The summed E-state index contributed by atoms with van der Waals surface area (Å²) >= 11 is 10.4. The number of carbonyl (C=O) groups excluding carboxylic acids is 2. The van der Waals surface area contributed by atoms with E-state index in [2.05, 4.69) is 74.9 Å². The number of hydrogen-bond donors (Lipinski definition) is 8. The summed E-state index contributed by atoms with van der Waals surface area (Å²) in [5.41, 5.74) is 17.2. The molecule has 11 aromatic carbocycles. The SMILES string of the molecule is C.Nc1ccccc1S.O=Cc1cc(-c2ccccc2)ccc1O.O=Cc1cc(Br)ccc1O.OB(O)c1ccccc1.Oc1ccc(-c2ccccc2)cc1-c1nc2ccccc2s1.Oc1ccc(-c2ccccc2)cc1-c1nc2ccccc2s1.[B].[Zn]. The van der Waals surface area contributed by atoms with E-state index < -0.39 is 7.12 Å². The molecule has 0 spiro atoms. The summed E-state index contributed by atoms with van der Waals surface area (Å²) in [4.78, 5) is 31.0. The van der Waals surface area contributed by atoms with Crippen LogP contribution in [0.3, 0.4) is 0 Å². The fourth-order valence-corrected chi connectivity index (χ4v) is 10.7. The van der Waals surface area contributed by atoms with Gasteiger partial charge in [0.05, 0.1) is 42.7 Å². The largest absolute Gasteiger partial charge is 0.507 e. The maximum Gasteiger partial charge on any atom is 0.488 e. The summed E-state index contributed by atoms with van der Waals surface area (Å²) < 4.78 is 3.04. The Labute approximate surface area is 554 Å². The number of nitrogen functional groups attached to an aromatic ring is 1. The number of rotatable bonds is 8. The second kappa shape index (κ2) is 35.8. The monoisotopic (exact) mass is 1340 g/mol. The number of halogens is 1. The van der Waals surface area contributed by atoms with Crippen LogP contribution in [0.5, 0.6) is 23.0 Å². The first kappa shape index (κ1) is 70.8. The number of phenolic OH excluding ortho intramolecular Hbond substituents is 4. The third-order valence-corrected chi connectivity index (χ3v) is 15.7. The van der Waals surface area contributed by atoms with Gasteiger partial charge in [0.15, 0.2) is 12.6 Å². The smallest absolute Gasteiger partial charge is 0.488 e. The number of phenols is 4. The molecule has 0 aliphatic rings. The molecule has 0 fully saturated rings. The van der Waals surface area contributed by atoms with Gasteiger partial charge in [0, 0.05) is 42.9 Å². The van der Waals surface area contributed by atoms with Crippen LogP contribution in [0.1, 0.15) is 28.1 Å². The molecule has 89 heavy (non-hydrogen) atoms. The number of aromatic hydroxyl groups is 4. The first-order chi connectivity index (χ1) is 41.8. The molecule has 2 heterocycles. The van der Waals surface area contributed by atoms with Crippen molar-refractivity contribution in [1.82, 2.24) is 9.97 Å². The Kier molecular flexibility index (Phi) is 28.4. The van der Waals surface area contributed by atoms with Crippen LogP contribution in [-0.2, 0) is 19.5 Å². The number of benzene rings is 11. The first-order valence-corrected chi connectivity index (χ1v) is 29.4. The zero-order valence-electron chi connectivity index (χ0n) is 47.0. The molecule has 8 N–H and O–H groups in total. The van der Waals surface area contributed by atoms with Gasteiger partial charge in [-0.3, -0.25) is 9.59 Å². The second-order valence-corrected chi connectivity index (χ2v) is 22.0. The number of aromatic nitrogens is 2. The molecular formula is C71H59B2BrN3O8S3Zn. The van der Waals surface area contributed by atoms with Gasteiger partial charge < -0.3 is 36.2 Å². The number of anilines is 1. The summed E-state index contributed by atoms with van der Waals surface area (Å²) in [7, 11) is -1.34. The van der Waals surface area contributed by atoms with E-state index in [0.29, 0.717) is 29.2 Å². The van der Waals surface area contributed by atoms with Crippen molar-refractivity contribution in [3.63, 3.8) is 0 Å². The third kappa shape index (κ3) is 20.3. The molecule has 0 amide bonds. The Morgan fingerprint density at radius 2 is 0.775 bits per heavy atom. The van der Waals surface area contributed by atoms with Crippen molar-refractivity contribution in [3.05, 3.63) is 283 Å². The topological polar surface area (TPSA) is 207 Å². The predicted octanol–water partition coefficient (Wildman–Crippen LogP) is 16.7. The first-order valence-electron chi connectivity index (χ1n) is 26.5. The Morgan fingerprint density at radius 3 is 1.13 bits per heavy atom. The third-order valence-electron chi connectivity index (χ3n) is 12.7. The van der Waals surface area contributed by atoms with Gasteiger partial charge >= 0.3 is 7.12 Å². The maximum absolute atomic E-state index is 10.7. The van der Waals surface area contributed by atoms with Gasteiger partial charge in [-0.2, -0.15) is 0 Å². The van der Waals surface area contributed by atoms with Crippen LogP contribution in [0.15, 0.2) is 276 Å². The van der Waals surface area contributed by atoms with E-state index >= 15 is 0 Å². The van der Waals surface area contributed by atoms with Crippen molar-refractivity contribution >= 4 is 111 Å². The number of carbonyl (C=O) groups is 2. The van der Waals surface area contributed by atoms with Gasteiger partial charge in [0.25, 0.3) is 0 Å². The average Bonchev–Trinajstić information content (AvgIpc) is 3.06. The van der Waals surface area contributed by atoms with Crippen LogP contribution in [-0.4, -0.2) is 68.5 Å². The molecule has 0 aliphatic carbocycles. The number of thiazole rings is 2. The van der Waals surface area contributed by atoms with Crippen LogP contribution in [0.4, 0.5) is 5.69 Å². The summed E-state index contributed by atoms with van der Waals surface area (Å²) in [6.07, 6.45) is 1.27. The van der Waals surface area contributed by atoms with Gasteiger partial charge in [-0.1, -0.05) is 199 Å². The number of nitrogens with two attached hydrogens (primary N) is 1. The number of fused-ring (bicyclic) bond motifs is 2. The summed E-state index contributed by atoms with van der Waals surface area (Å²) in [6.45, 7) is 0. The predicted molar refractivity (Wildman–Crippen MR) is 371 cm³/mol. The number of aldehydes is 2. The zero-order chi connectivity index (χ0) is 60.8. The Balaban J connectivity index is 0.000000202. The molecule has 0 unspecified atom stereocenters. The standard InChI is InChI=1S/2C19H13NOS.C13H10O2.C7H5BrO2.C6H7BO2.C6H7NS.CH4.B.Zn/c2*21-17-11-10-14(13-6-2-1-3-7-13)12-15(17)19-20-16-8-4-5-9-18(16)22-19;14-9-12-8-11(6-7-13(12)15)10-4-2-1-3-5-10;8-6-1-2-7(10)5(3-6)4-9;8-7(9)6-4-2-1-3-5-6;7-5-3-1-2-4-6(5)8;;;/h2*1-12,21H;1-9,15H;1-4,10H;1-5,8-9H;1-4,8H,7H2;1H4;;. The van der Waals surface area contributed by atoms with Gasteiger partial charge in [0.2, 0.25) is 0 Å². The molecule has 0 saturated heterocycles. The molecule has 11 nitrogen and oxygen atoms in total. The van der Waals surface area contributed by atoms with E-state index in [1.807, 2.05) is 158 Å². The second-order valence-electron chi connectivity index (χ2n) is 18.6. The quantitative estimate of drug-likeness (QED) is 0.0311. The van der Waals surface area contributed by atoms with E-state index in [9.17, 15) is 24.9 Å². The molecule has 0 saturated carbocycles. The zero-order valence-corrected chi connectivity index (χ0v) is 54.1. The normalized spacial score (nSPS) is 9.84. The molecule has 2 aromatic heterocycles. The summed E-state index contributed by atoms with van der Waals surface area (Å²) in [5, 5.41) is 57.6. The van der Waals surface area contributed by atoms with Crippen LogP contribution in [0, 0.1) is 0 Å². The van der Waals surface area contributed by atoms with Gasteiger partial charge in [-0.05, 0) is 130 Å². The fraction of sp³-hybridized carbons (Fsp3) is 0.0141. The molecule has 18 heteroatoms. The van der Waals surface area contributed by atoms with E-state index in [-0.39, 0.29) is 58.3 Å². The minimum absolute atomic E-state index is 0. The number of hydrogen-bond acceptors (Lipinski definition) is 14. The van der Waals surface area contributed by atoms with Gasteiger partial charge in [0.1, 0.15) is 33.0 Å². The van der Waals surface area contributed by atoms with Crippen molar-refractivity contribution in [2.24, 2.45) is 0 Å². The van der Waals surface area contributed by atoms with Crippen molar-refractivity contribution in [2.75, 3.05) is 5.73 Å². The molecule has 3 radical (unpaired) electrons. The molecule has 439 valence electrons.